The van der Waals surface area contributed by atoms with Gasteiger partial charge in [-0.2, -0.15) is 0 Å². The Labute approximate surface area is 117 Å². The van der Waals surface area contributed by atoms with Crippen molar-refractivity contribution < 1.29 is 4.79 Å². The monoisotopic (exact) mass is 270 g/mol. The predicted octanol–water partition coefficient (Wildman–Crippen LogP) is 0.256. The van der Waals surface area contributed by atoms with Gasteiger partial charge >= 0.3 is 0 Å². The minimum atomic E-state index is -0.578. The molecule has 1 fully saturated rings. The van der Waals surface area contributed by atoms with Crippen LogP contribution >= 0.6 is 0 Å². The van der Waals surface area contributed by atoms with Crippen LogP contribution in [0.5, 0.6) is 0 Å². The number of carbonyl (C=O) groups is 1. The highest BCUT2D eigenvalue weighted by Crippen LogP contribution is 2.14. The van der Waals surface area contributed by atoms with Crippen LogP contribution in [-0.4, -0.2) is 67.6 Å². The van der Waals surface area contributed by atoms with Gasteiger partial charge in [0.05, 0.1) is 5.54 Å². The van der Waals surface area contributed by atoms with Crippen molar-refractivity contribution in [3.8, 4) is 0 Å². The summed E-state index contributed by atoms with van der Waals surface area (Å²) in [5.74, 6) is -0.265. The molecule has 3 N–H and O–H groups in total. The highest BCUT2D eigenvalue weighted by atomic mass is 16.1. The van der Waals surface area contributed by atoms with Crippen LogP contribution in [0.25, 0.3) is 0 Å². The third-order valence-electron chi connectivity index (χ3n) is 4.40. The zero-order valence-electron chi connectivity index (χ0n) is 12.9. The van der Waals surface area contributed by atoms with Crippen molar-refractivity contribution in [1.82, 2.24) is 15.1 Å². The summed E-state index contributed by atoms with van der Waals surface area (Å²) in [6, 6.07) is 0.585. The summed E-state index contributed by atoms with van der Waals surface area (Å²) in [4.78, 5) is 16.4. The molecule has 1 heterocycles. The molecule has 0 aromatic rings. The van der Waals surface area contributed by atoms with Gasteiger partial charge in [-0.1, -0.05) is 0 Å². The van der Waals surface area contributed by atoms with Gasteiger partial charge < -0.3 is 16.0 Å². The number of nitrogens with zero attached hydrogens (tertiary/aromatic N) is 2. The Bertz CT molecular complexity index is 297. The average Bonchev–Trinajstić information content (AvgIpc) is 2.50. The van der Waals surface area contributed by atoms with E-state index in [1.165, 1.54) is 13.0 Å². The van der Waals surface area contributed by atoms with E-state index < -0.39 is 5.54 Å². The molecule has 1 aliphatic heterocycles. The molecule has 0 spiro atoms. The van der Waals surface area contributed by atoms with E-state index in [0.717, 1.165) is 32.5 Å². The molecule has 0 aromatic carbocycles. The number of hydrogen-bond donors (Lipinski definition) is 2. The first-order valence-electron chi connectivity index (χ1n) is 7.30. The second-order valence-electron chi connectivity index (χ2n) is 6.05. The smallest absolute Gasteiger partial charge is 0.237 e. The fraction of sp³-hybridized carbons (Fsp3) is 0.929. The molecule has 1 aliphatic rings. The van der Waals surface area contributed by atoms with E-state index in [2.05, 4.69) is 29.1 Å². The molecule has 1 amide bonds. The lowest BCUT2D eigenvalue weighted by Gasteiger charge is -2.30. The molecule has 0 saturated carbocycles. The Morgan fingerprint density at radius 2 is 2.16 bits per heavy atom. The third kappa shape index (κ3) is 4.75. The lowest BCUT2D eigenvalue weighted by Crippen LogP contribution is -2.51. The van der Waals surface area contributed by atoms with Crippen LogP contribution in [-0.2, 0) is 4.79 Å². The highest BCUT2D eigenvalue weighted by Gasteiger charge is 2.29. The molecule has 2 atom stereocenters. The fourth-order valence-electron chi connectivity index (χ4n) is 2.76. The summed E-state index contributed by atoms with van der Waals surface area (Å²) in [5.41, 5.74) is 4.87. The van der Waals surface area contributed by atoms with Crippen LogP contribution in [0.4, 0.5) is 0 Å². The molecule has 2 unspecified atom stereocenters. The molecule has 0 aromatic heterocycles. The third-order valence-corrected chi connectivity index (χ3v) is 4.40. The van der Waals surface area contributed by atoms with Crippen molar-refractivity contribution in [1.29, 1.82) is 0 Å². The fourth-order valence-corrected chi connectivity index (χ4v) is 2.76. The molecular weight excluding hydrogens is 240 g/mol. The topological polar surface area (TPSA) is 61.6 Å². The second-order valence-corrected chi connectivity index (χ2v) is 6.05. The number of nitrogens with one attached hydrogen (secondary N) is 1. The Hall–Kier alpha value is -0.650. The van der Waals surface area contributed by atoms with Gasteiger partial charge in [-0.25, -0.2) is 0 Å². The van der Waals surface area contributed by atoms with Crippen molar-refractivity contribution in [2.75, 3.05) is 40.3 Å². The first-order chi connectivity index (χ1) is 8.89. The summed E-state index contributed by atoms with van der Waals surface area (Å²) in [6.45, 7) is 8.66. The standard InChI is InChI=1S/C14H30N4O/c1-12-11-17(4)8-6-10-18(12)9-5-7-14(2,16-3)13(15)19/h12,16H,5-11H2,1-4H3,(H2,15,19). The van der Waals surface area contributed by atoms with E-state index in [4.69, 9.17) is 5.73 Å². The van der Waals surface area contributed by atoms with Crippen molar-refractivity contribution in [2.45, 2.75) is 44.7 Å². The Balaban J connectivity index is 2.41. The van der Waals surface area contributed by atoms with E-state index >= 15 is 0 Å². The van der Waals surface area contributed by atoms with Crippen molar-refractivity contribution in [3.05, 3.63) is 0 Å². The van der Waals surface area contributed by atoms with Crippen LogP contribution in [0.3, 0.4) is 0 Å². The van der Waals surface area contributed by atoms with E-state index in [1.54, 1.807) is 7.05 Å². The van der Waals surface area contributed by atoms with Gasteiger partial charge in [0.15, 0.2) is 0 Å². The average molecular weight is 270 g/mol. The summed E-state index contributed by atoms with van der Waals surface area (Å²) < 4.78 is 0. The lowest BCUT2D eigenvalue weighted by molar-refractivity contribution is -0.123. The SMILES string of the molecule is CNC(C)(CCCN1CCCN(C)CC1C)C(N)=O. The quantitative estimate of drug-likeness (QED) is 0.726. The Morgan fingerprint density at radius 3 is 2.74 bits per heavy atom. The van der Waals surface area contributed by atoms with E-state index in [0.29, 0.717) is 6.04 Å². The molecule has 19 heavy (non-hydrogen) atoms. The number of carbonyl (C=O) groups excluding carboxylic acids is 1. The molecule has 5 heteroatoms. The second kappa shape index (κ2) is 7.22. The highest BCUT2D eigenvalue weighted by molar-refractivity contribution is 5.84. The van der Waals surface area contributed by atoms with Crippen LogP contribution < -0.4 is 11.1 Å². The molecule has 1 rings (SSSR count). The van der Waals surface area contributed by atoms with Gasteiger partial charge in [-0.05, 0) is 66.8 Å². The molecule has 1 saturated heterocycles. The Morgan fingerprint density at radius 1 is 1.47 bits per heavy atom. The minimum absolute atomic E-state index is 0.265. The minimum Gasteiger partial charge on any atom is -0.368 e. The number of nitrogens with two attached hydrogens (primary N) is 1. The molecular formula is C14H30N4O. The molecule has 112 valence electrons. The molecule has 0 aliphatic carbocycles. The van der Waals surface area contributed by atoms with E-state index in [-0.39, 0.29) is 5.91 Å². The summed E-state index contributed by atoms with van der Waals surface area (Å²) >= 11 is 0. The van der Waals surface area contributed by atoms with Gasteiger partial charge in [-0.15, -0.1) is 0 Å². The van der Waals surface area contributed by atoms with Crippen molar-refractivity contribution in [2.24, 2.45) is 5.73 Å². The van der Waals surface area contributed by atoms with Crippen LogP contribution in [0, 0.1) is 0 Å². The number of rotatable bonds is 6. The lowest BCUT2D eigenvalue weighted by atomic mass is 9.95. The molecule has 0 radical (unpaired) electrons. The number of primary amides is 1. The summed E-state index contributed by atoms with van der Waals surface area (Å²) in [6.07, 6.45) is 3.01. The number of amides is 1. The van der Waals surface area contributed by atoms with E-state index in [9.17, 15) is 4.79 Å². The van der Waals surface area contributed by atoms with Crippen molar-refractivity contribution in [3.63, 3.8) is 0 Å². The van der Waals surface area contributed by atoms with Gasteiger partial charge in [0, 0.05) is 12.6 Å². The van der Waals surface area contributed by atoms with Gasteiger partial charge in [0.25, 0.3) is 0 Å². The van der Waals surface area contributed by atoms with E-state index in [1.807, 2.05) is 6.92 Å². The van der Waals surface area contributed by atoms with Crippen LogP contribution in [0.1, 0.15) is 33.1 Å². The zero-order chi connectivity index (χ0) is 14.5. The zero-order valence-corrected chi connectivity index (χ0v) is 12.9. The first kappa shape index (κ1) is 16.4. The maximum atomic E-state index is 11.4. The Kier molecular flexibility index (Phi) is 6.23. The van der Waals surface area contributed by atoms with Gasteiger partial charge in [0.1, 0.15) is 0 Å². The maximum Gasteiger partial charge on any atom is 0.237 e. The number of likely N-dealkylation sites (N-methyl/N-ethyl adjacent to an activating group) is 2. The normalized spacial score (nSPS) is 25.8. The van der Waals surface area contributed by atoms with Gasteiger partial charge in [0.2, 0.25) is 5.91 Å². The molecule has 0 bridgehead atoms. The van der Waals surface area contributed by atoms with Crippen LogP contribution in [0.2, 0.25) is 0 Å². The van der Waals surface area contributed by atoms with Gasteiger partial charge in [-0.3, -0.25) is 9.69 Å². The number of hydrogen-bond acceptors (Lipinski definition) is 4. The summed E-state index contributed by atoms with van der Waals surface area (Å²) in [7, 11) is 3.99. The predicted molar refractivity (Wildman–Crippen MR) is 79.0 cm³/mol. The molecule has 5 nitrogen and oxygen atoms in total. The summed E-state index contributed by atoms with van der Waals surface area (Å²) in [5, 5.41) is 3.04. The van der Waals surface area contributed by atoms with Crippen molar-refractivity contribution >= 4 is 5.91 Å². The largest absolute Gasteiger partial charge is 0.368 e. The maximum absolute atomic E-state index is 11.4. The van der Waals surface area contributed by atoms with Crippen LogP contribution in [0.15, 0.2) is 0 Å². The first-order valence-corrected chi connectivity index (χ1v) is 7.30.